The summed E-state index contributed by atoms with van der Waals surface area (Å²) < 4.78 is 11.3. The molecule has 3 aromatic carbocycles. The Kier molecular flexibility index (Phi) is 6.87. The fourth-order valence-corrected chi connectivity index (χ4v) is 3.63. The number of hydrazone groups is 1. The Labute approximate surface area is 183 Å². The number of amides is 1. The van der Waals surface area contributed by atoms with Crippen molar-refractivity contribution >= 4 is 28.1 Å². The van der Waals surface area contributed by atoms with E-state index in [0.717, 1.165) is 0 Å². The zero-order chi connectivity index (χ0) is 21.6. The van der Waals surface area contributed by atoms with Crippen molar-refractivity contribution in [3.8, 4) is 11.5 Å². The Morgan fingerprint density at radius 3 is 1.93 bits per heavy atom. The summed E-state index contributed by atoms with van der Waals surface area (Å²) >= 11 is 3.45. The summed E-state index contributed by atoms with van der Waals surface area (Å²) in [5.41, 5.74) is 1.99. The molecule has 6 nitrogen and oxygen atoms in total. The highest BCUT2D eigenvalue weighted by Crippen LogP contribution is 2.34. The second-order valence-electron chi connectivity index (χ2n) is 6.34. The van der Waals surface area contributed by atoms with Crippen LogP contribution in [-0.4, -0.2) is 31.4 Å². The average Bonchev–Trinajstić information content (AvgIpc) is 2.80. The minimum absolute atomic E-state index is 0.434. The van der Waals surface area contributed by atoms with Crippen LogP contribution in [0.3, 0.4) is 0 Å². The van der Waals surface area contributed by atoms with Gasteiger partial charge in [0, 0.05) is 0 Å². The molecule has 0 bridgehead atoms. The molecular weight excluding hydrogens is 448 g/mol. The van der Waals surface area contributed by atoms with E-state index in [1.54, 1.807) is 67.8 Å². The summed E-state index contributed by atoms with van der Waals surface area (Å²) in [7, 11) is 3.09. The Morgan fingerprint density at radius 2 is 1.43 bits per heavy atom. The van der Waals surface area contributed by atoms with Crippen LogP contribution in [0, 0.1) is 0 Å². The number of benzene rings is 3. The highest BCUT2D eigenvalue weighted by molar-refractivity contribution is 9.10. The van der Waals surface area contributed by atoms with Crippen molar-refractivity contribution < 1.29 is 19.4 Å². The molecular formula is C23H21BrN2O4. The number of rotatable bonds is 7. The molecule has 0 spiro atoms. The van der Waals surface area contributed by atoms with E-state index in [1.807, 2.05) is 12.1 Å². The molecule has 0 atom stereocenters. The lowest BCUT2D eigenvalue weighted by molar-refractivity contribution is -0.136. The van der Waals surface area contributed by atoms with E-state index in [9.17, 15) is 9.90 Å². The molecule has 0 heterocycles. The van der Waals surface area contributed by atoms with Crippen LogP contribution < -0.4 is 14.9 Å². The van der Waals surface area contributed by atoms with Crippen LogP contribution in [0.5, 0.6) is 11.5 Å². The van der Waals surface area contributed by atoms with Crippen molar-refractivity contribution in [2.24, 2.45) is 5.10 Å². The highest BCUT2D eigenvalue weighted by atomic mass is 79.9. The molecule has 0 aliphatic carbocycles. The predicted molar refractivity (Wildman–Crippen MR) is 119 cm³/mol. The summed E-state index contributed by atoms with van der Waals surface area (Å²) in [5.74, 6) is 0.449. The lowest BCUT2D eigenvalue weighted by Gasteiger charge is -2.27. The summed E-state index contributed by atoms with van der Waals surface area (Å²) in [4.78, 5) is 13.1. The predicted octanol–water partition coefficient (Wildman–Crippen LogP) is 3.85. The van der Waals surface area contributed by atoms with E-state index in [1.165, 1.54) is 13.3 Å². The van der Waals surface area contributed by atoms with Gasteiger partial charge in [-0.1, -0.05) is 60.7 Å². The molecule has 7 heteroatoms. The first-order chi connectivity index (χ1) is 14.5. The number of halogens is 1. The monoisotopic (exact) mass is 468 g/mol. The standard InChI is InChI=1S/C23H21BrN2O4/c1-29-19-13-14-20(30-2)21(24)18(19)15-25-26-22(27)23(28,16-9-5-3-6-10-16)17-11-7-4-8-12-17/h3-15,28H,1-2H3,(H,26,27). The van der Waals surface area contributed by atoms with Gasteiger partial charge in [-0.2, -0.15) is 5.10 Å². The molecule has 1 amide bonds. The van der Waals surface area contributed by atoms with Gasteiger partial charge in [-0.3, -0.25) is 4.79 Å². The summed E-state index contributed by atoms with van der Waals surface area (Å²) in [6.07, 6.45) is 1.43. The molecule has 154 valence electrons. The molecule has 3 rings (SSSR count). The molecule has 0 radical (unpaired) electrons. The summed E-state index contributed by atoms with van der Waals surface area (Å²) in [5, 5.41) is 15.5. The van der Waals surface area contributed by atoms with E-state index in [0.29, 0.717) is 32.7 Å². The second-order valence-corrected chi connectivity index (χ2v) is 7.13. The van der Waals surface area contributed by atoms with Crippen molar-refractivity contribution in [3.63, 3.8) is 0 Å². The maximum Gasteiger partial charge on any atom is 0.281 e. The number of carbonyl (C=O) groups excluding carboxylic acids is 1. The number of nitrogens with zero attached hydrogens (tertiary/aromatic N) is 1. The van der Waals surface area contributed by atoms with Crippen molar-refractivity contribution in [2.45, 2.75) is 5.60 Å². The minimum atomic E-state index is -1.91. The zero-order valence-electron chi connectivity index (χ0n) is 16.5. The third kappa shape index (κ3) is 4.22. The van der Waals surface area contributed by atoms with Crippen LogP contribution in [0.4, 0.5) is 0 Å². The third-order valence-corrected chi connectivity index (χ3v) is 5.43. The lowest BCUT2D eigenvalue weighted by atomic mass is 9.85. The molecule has 3 aromatic rings. The van der Waals surface area contributed by atoms with Gasteiger partial charge in [-0.05, 0) is 39.2 Å². The number of methoxy groups -OCH3 is 2. The van der Waals surface area contributed by atoms with Crippen LogP contribution in [0.15, 0.2) is 82.4 Å². The van der Waals surface area contributed by atoms with Gasteiger partial charge in [0.1, 0.15) is 11.5 Å². The van der Waals surface area contributed by atoms with Gasteiger partial charge < -0.3 is 14.6 Å². The molecule has 0 saturated heterocycles. The molecule has 0 aromatic heterocycles. The number of carbonyl (C=O) groups is 1. The quantitative estimate of drug-likeness (QED) is 0.407. The van der Waals surface area contributed by atoms with E-state index in [2.05, 4.69) is 26.5 Å². The molecule has 0 unspecified atom stereocenters. The van der Waals surface area contributed by atoms with Crippen LogP contribution in [0.1, 0.15) is 16.7 Å². The first-order valence-electron chi connectivity index (χ1n) is 9.09. The lowest BCUT2D eigenvalue weighted by Crippen LogP contribution is -2.43. The van der Waals surface area contributed by atoms with E-state index in [-0.39, 0.29) is 0 Å². The van der Waals surface area contributed by atoms with Gasteiger partial charge in [0.25, 0.3) is 5.91 Å². The fourth-order valence-electron chi connectivity index (χ4n) is 3.04. The highest BCUT2D eigenvalue weighted by Gasteiger charge is 2.39. The van der Waals surface area contributed by atoms with Gasteiger partial charge in [0.05, 0.1) is 30.5 Å². The van der Waals surface area contributed by atoms with Crippen LogP contribution in [0.25, 0.3) is 0 Å². The van der Waals surface area contributed by atoms with Gasteiger partial charge in [0.15, 0.2) is 5.60 Å². The van der Waals surface area contributed by atoms with E-state index >= 15 is 0 Å². The zero-order valence-corrected chi connectivity index (χ0v) is 18.1. The van der Waals surface area contributed by atoms with E-state index < -0.39 is 11.5 Å². The maximum atomic E-state index is 13.1. The van der Waals surface area contributed by atoms with Crippen molar-refractivity contribution in [3.05, 3.63) is 94.0 Å². The van der Waals surface area contributed by atoms with Crippen molar-refractivity contribution in [2.75, 3.05) is 14.2 Å². The van der Waals surface area contributed by atoms with Crippen LogP contribution in [-0.2, 0) is 10.4 Å². The molecule has 30 heavy (non-hydrogen) atoms. The third-order valence-electron chi connectivity index (χ3n) is 4.62. The number of ether oxygens (including phenoxy) is 2. The minimum Gasteiger partial charge on any atom is -0.496 e. The smallest absolute Gasteiger partial charge is 0.281 e. The fraction of sp³-hybridized carbons (Fsp3) is 0.130. The number of hydrogen-bond donors (Lipinski definition) is 2. The first kappa shape index (κ1) is 21.5. The average molecular weight is 469 g/mol. The molecule has 0 fully saturated rings. The summed E-state index contributed by atoms with van der Waals surface area (Å²) in [6.45, 7) is 0. The SMILES string of the molecule is COc1ccc(OC)c(C=NNC(=O)C(O)(c2ccccc2)c2ccccc2)c1Br. The molecule has 0 aliphatic rings. The Balaban J connectivity index is 1.93. The molecule has 2 N–H and O–H groups in total. The number of hydrogen-bond acceptors (Lipinski definition) is 5. The largest absolute Gasteiger partial charge is 0.496 e. The van der Waals surface area contributed by atoms with E-state index in [4.69, 9.17) is 9.47 Å². The molecule has 0 aliphatic heterocycles. The number of nitrogens with one attached hydrogen (secondary N) is 1. The second kappa shape index (κ2) is 9.56. The Bertz CT molecular complexity index is 1000. The Morgan fingerprint density at radius 1 is 0.933 bits per heavy atom. The van der Waals surface area contributed by atoms with Crippen molar-refractivity contribution in [1.29, 1.82) is 0 Å². The first-order valence-corrected chi connectivity index (χ1v) is 9.89. The maximum absolute atomic E-state index is 13.1. The Hall–Kier alpha value is -3.16. The van der Waals surface area contributed by atoms with Crippen LogP contribution in [0.2, 0.25) is 0 Å². The number of aliphatic hydroxyl groups is 1. The van der Waals surface area contributed by atoms with Crippen molar-refractivity contribution in [1.82, 2.24) is 5.43 Å². The van der Waals surface area contributed by atoms with Gasteiger partial charge in [-0.25, -0.2) is 5.43 Å². The van der Waals surface area contributed by atoms with Crippen LogP contribution >= 0.6 is 15.9 Å². The normalized spacial score (nSPS) is 11.3. The van der Waals surface area contributed by atoms with Gasteiger partial charge in [-0.15, -0.1) is 0 Å². The summed E-state index contributed by atoms with van der Waals surface area (Å²) in [6, 6.07) is 20.9. The van der Waals surface area contributed by atoms with Gasteiger partial charge >= 0.3 is 0 Å². The van der Waals surface area contributed by atoms with Gasteiger partial charge in [0.2, 0.25) is 0 Å². The molecule has 0 saturated carbocycles. The topological polar surface area (TPSA) is 80.2 Å².